The fourth-order valence-electron chi connectivity index (χ4n) is 2.62. The average Bonchev–Trinajstić information content (AvgIpc) is 3.02. The molecule has 0 saturated heterocycles. The molecule has 2 aromatic carbocycles. The van der Waals surface area contributed by atoms with E-state index < -0.39 is 0 Å². The number of hydrogen-bond acceptors (Lipinski definition) is 2. The van der Waals surface area contributed by atoms with E-state index in [9.17, 15) is 4.39 Å². The number of benzene rings is 2. The van der Waals surface area contributed by atoms with E-state index in [0.717, 1.165) is 40.1 Å². The van der Waals surface area contributed by atoms with Crippen molar-refractivity contribution in [2.45, 2.75) is 19.9 Å². The van der Waals surface area contributed by atoms with Crippen LogP contribution in [0.25, 0.3) is 11.3 Å². The van der Waals surface area contributed by atoms with Gasteiger partial charge in [-0.05, 0) is 73.5 Å². The monoisotopic (exact) mass is 423 g/mol. The lowest BCUT2D eigenvalue weighted by molar-refractivity contribution is 0.494. The van der Waals surface area contributed by atoms with E-state index in [4.69, 9.17) is 4.42 Å². The SMILES string of the molecule is Cc1cc(Br)ccc1-c1ccc(CNCCc2ccc(F)cc2)o1.Cl. The Labute approximate surface area is 162 Å². The lowest BCUT2D eigenvalue weighted by atomic mass is 10.1. The molecule has 3 aromatic rings. The second-order valence-electron chi connectivity index (χ2n) is 5.78. The molecule has 0 saturated carbocycles. The highest BCUT2D eigenvalue weighted by molar-refractivity contribution is 9.10. The van der Waals surface area contributed by atoms with Crippen LogP contribution in [-0.4, -0.2) is 6.54 Å². The molecule has 0 atom stereocenters. The minimum Gasteiger partial charge on any atom is -0.460 e. The Morgan fingerprint density at radius 2 is 1.80 bits per heavy atom. The summed E-state index contributed by atoms with van der Waals surface area (Å²) in [5.41, 5.74) is 3.40. The summed E-state index contributed by atoms with van der Waals surface area (Å²) in [7, 11) is 0. The van der Waals surface area contributed by atoms with Gasteiger partial charge in [-0.3, -0.25) is 0 Å². The minimum absolute atomic E-state index is 0. The molecule has 132 valence electrons. The fraction of sp³-hybridized carbons (Fsp3) is 0.200. The van der Waals surface area contributed by atoms with Gasteiger partial charge < -0.3 is 9.73 Å². The quantitative estimate of drug-likeness (QED) is 0.498. The summed E-state index contributed by atoms with van der Waals surface area (Å²) >= 11 is 3.48. The van der Waals surface area contributed by atoms with E-state index in [1.807, 2.05) is 30.3 Å². The van der Waals surface area contributed by atoms with Gasteiger partial charge in [0, 0.05) is 10.0 Å². The molecule has 0 radical (unpaired) electrons. The molecule has 0 amide bonds. The Morgan fingerprint density at radius 3 is 2.52 bits per heavy atom. The number of furan rings is 1. The normalized spacial score (nSPS) is 10.5. The summed E-state index contributed by atoms with van der Waals surface area (Å²) in [6, 6.07) is 16.8. The van der Waals surface area contributed by atoms with Crippen LogP contribution in [0, 0.1) is 12.7 Å². The van der Waals surface area contributed by atoms with Gasteiger partial charge in [0.25, 0.3) is 0 Å². The molecule has 0 bridgehead atoms. The first-order chi connectivity index (χ1) is 11.6. The van der Waals surface area contributed by atoms with E-state index in [-0.39, 0.29) is 18.2 Å². The molecule has 2 nitrogen and oxygen atoms in total. The molecular formula is C20H20BrClFNO. The lowest BCUT2D eigenvalue weighted by Gasteiger charge is -2.05. The molecule has 3 rings (SSSR count). The van der Waals surface area contributed by atoms with Gasteiger partial charge in [0.05, 0.1) is 6.54 Å². The molecule has 1 N–H and O–H groups in total. The molecule has 0 aliphatic carbocycles. The summed E-state index contributed by atoms with van der Waals surface area (Å²) in [5, 5.41) is 3.36. The van der Waals surface area contributed by atoms with Gasteiger partial charge in [0.1, 0.15) is 17.3 Å². The van der Waals surface area contributed by atoms with Crippen molar-refractivity contribution in [1.82, 2.24) is 5.32 Å². The van der Waals surface area contributed by atoms with Crippen LogP contribution in [0.3, 0.4) is 0 Å². The van der Waals surface area contributed by atoms with Crippen LogP contribution < -0.4 is 5.32 Å². The third kappa shape index (κ3) is 5.43. The maximum absolute atomic E-state index is 12.9. The second-order valence-corrected chi connectivity index (χ2v) is 6.69. The molecule has 25 heavy (non-hydrogen) atoms. The second kappa shape index (κ2) is 9.18. The summed E-state index contributed by atoms with van der Waals surface area (Å²) < 4.78 is 19.9. The maximum atomic E-state index is 12.9. The first-order valence-corrected chi connectivity index (χ1v) is 8.71. The van der Waals surface area contributed by atoms with E-state index in [2.05, 4.69) is 40.3 Å². The van der Waals surface area contributed by atoms with Crippen molar-refractivity contribution in [2.75, 3.05) is 6.54 Å². The van der Waals surface area contributed by atoms with Crippen molar-refractivity contribution in [3.8, 4) is 11.3 Å². The summed E-state index contributed by atoms with van der Waals surface area (Å²) in [5.74, 6) is 1.60. The molecule has 0 aliphatic heterocycles. The topological polar surface area (TPSA) is 25.2 Å². The average molecular weight is 425 g/mol. The number of nitrogens with one attached hydrogen (secondary N) is 1. The summed E-state index contributed by atoms with van der Waals surface area (Å²) in [6.07, 6.45) is 0.861. The minimum atomic E-state index is -0.196. The number of rotatable bonds is 6. The van der Waals surface area contributed by atoms with Gasteiger partial charge in [-0.2, -0.15) is 0 Å². The third-order valence-electron chi connectivity index (χ3n) is 3.92. The largest absolute Gasteiger partial charge is 0.460 e. The first-order valence-electron chi connectivity index (χ1n) is 7.92. The summed E-state index contributed by atoms with van der Waals surface area (Å²) in [4.78, 5) is 0. The van der Waals surface area contributed by atoms with E-state index in [1.54, 1.807) is 0 Å². The van der Waals surface area contributed by atoms with E-state index in [0.29, 0.717) is 6.54 Å². The third-order valence-corrected chi connectivity index (χ3v) is 4.41. The molecule has 1 heterocycles. The van der Waals surface area contributed by atoms with Crippen LogP contribution in [-0.2, 0) is 13.0 Å². The zero-order valence-electron chi connectivity index (χ0n) is 13.9. The van der Waals surface area contributed by atoms with Crippen LogP contribution >= 0.6 is 28.3 Å². The maximum Gasteiger partial charge on any atom is 0.134 e. The summed E-state index contributed by atoms with van der Waals surface area (Å²) in [6.45, 7) is 3.57. The molecular weight excluding hydrogens is 405 g/mol. The lowest BCUT2D eigenvalue weighted by Crippen LogP contribution is -2.16. The van der Waals surface area contributed by atoms with E-state index >= 15 is 0 Å². The van der Waals surface area contributed by atoms with Crippen molar-refractivity contribution >= 4 is 28.3 Å². The first kappa shape index (κ1) is 19.7. The van der Waals surface area contributed by atoms with Crippen LogP contribution in [0.15, 0.2) is 63.5 Å². The van der Waals surface area contributed by atoms with Crippen molar-refractivity contribution in [3.05, 3.63) is 81.8 Å². The smallest absolute Gasteiger partial charge is 0.134 e. The Kier molecular flexibility index (Phi) is 7.24. The molecule has 0 fully saturated rings. The molecule has 0 aliphatic rings. The van der Waals surface area contributed by atoms with Gasteiger partial charge in [0.15, 0.2) is 0 Å². The predicted octanol–water partition coefficient (Wildman–Crippen LogP) is 5.91. The zero-order valence-corrected chi connectivity index (χ0v) is 16.3. The van der Waals surface area contributed by atoms with Gasteiger partial charge in [-0.25, -0.2) is 4.39 Å². The Balaban J connectivity index is 0.00000225. The molecule has 0 spiro atoms. The van der Waals surface area contributed by atoms with Crippen molar-refractivity contribution < 1.29 is 8.81 Å². The number of aryl methyl sites for hydroxylation is 1. The Hall–Kier alpha value is -1.62. The predicted molar refractivity (Wildman–Crippen MR) is 106 cm³/mol. The number of halogens is 3. The van der Waals surface area contributed by atoms with Gasteiger partial charge in [-0.1, -0.05) is 28.1 Å². The highest BCUT2D eigenvalue weighted by Gasteiger charge is 2.07. The zero-order chi connectivity index (χ0) is 16.9. The van der Waals surface area contributed by atoms with Crippen molar-refractivity contribution in [1.29, 1.82) is 0 Å². The standard InChI is InChI=1S/C20H19BrFNO.ClH/c1-14-12-16(21)4-8-19(14)20-9-7-18(24-20)13-23-11-10-15-2-5-17(22)6-3-15;/h2-9,12,23H,10-11,13H2,1H3;1H. The van der Waals surface area contributed by atoms with Crippen LogP contribution in [0.1, 0.15) is 16.9 Å². The van der Waals surface area contributed by atoms with Crippen LogP contribution in [0.4, 0.5) is 4.39 Å². The van der Waals surface area contributed by atoms with Crippen molar-refractivity contribution in [3.63, 3.8) is 0 Å². The Morgan fingerprint density at radius 1 is 1.04 bits per heavy atom. The van der Waals surface area contributed by atoms with Gasteiger partial charge in [-0.15, -0.1) is 12.4 Å². The number of hydrogen-bond donors (Lipinski definition) is 1. The molecule has 5 heteroatoms. The van der Waals surface area contributed by atoms with Crippen LogP contribution in [0.5, 0.6) is 0 Å². The molecule has 1 aromatic heterocycles. The van der Waals surface area contributed by atoms with Gasteiger partial charge >= 0.3 is 0 Å². The molecule has 0 unspecified atom stereocenters. The van der Waals surface area contributed by atoms with Crippen molar-refractivity contribution in [2.24, 2.45) is 0 Å². The van der Waals surface area contributed by atoms with Gasteiger partial charge in [0.2, 0.25) is 0 Å². The van der Waals surface area contributed by atoms with Crippen LogP contribution in [0.2, 0.25) is 0 Å². The fourth-order valence-corrected chi connectivity index (χ4v) is 3.09. The Bertz CT molecular complexity index is 817. The highest BCUT2D eigenvalue weighted by atomic mass is 79.9. The highest BCUT2D eigenvalue weighted by Crippen LogP contribution is 2.27. The van der Waals surface area contributed by atoms with E-state index in [1.165, 1.54) is 17.7 Å².